The van der Waals surface area contributed by atoms with Crippen LogP contribution < -0.4 is 0 Å². The molecule has 3 rings (SSSR count). The largest absolute Gasteiger partial charge is 0.508 e. The number of likely N-dealkylation sites (tertiary alicyclic amines) is 1. The van der Waals surface area contributed by atoms with Gasteiger partial charge in [-0.3, -0.25) is 0 Å². The number of rotatable bonds is 2. The molecule has 0 atom stereocenters. The fourth-order valence-electron chi connectivity index (χ4n) is 3.87. The highest BCUT2D eigenvalue weighted by molar-refractivity contribution is 5.31. The SMILES string of the molecule is Oc1ccc(F)c(C2CCN(C3CCCCC3)CC2)c1. The molecule has 1 aromatic rings. The standard InChI is InChI=1S/C17H24FNO/c18-17-7-6-15(20)12-16(17)13-8-10-19(11-9-13)14-4-2-1-3-5-14/h6-7,12-14,20H,1-5,8-11H2. The molecular formula is C17H24FNO. The molecule has 110 valence electrons. The van der Waals surface area contributed by atoms with Crippen LogP contribution >= 0.6 is 0 Å². The number of benzene rings is 1. The van der Waals surface area contributed by atoms with Crippen molar-refractivity contribution in [2.24, 2.45) is 0 Å². The minimum absolute atomic E-state index is 0.168. The number of piperidine rings is 1. The molecule has 0 spiro atoms. The van der Waals surface area contributed by atoms with Crippen LogP contribution in [0.15, 0.2) is 18.2 Å². The Morgan fingerprint density at radius 3 is 2.40 bits per heavy atom. The van der Waals surface area contributed by atoms with Crippen molar-refractivity contribution in [3.8, 4) is 5.75 Å². The molecule has 1 aromatic carbocycles. The van der Waals surface area contributed by atoms with Crippen molar-refractivity contribution >= 4 is 0 Å². The Hall–Kier alpha value is -1.09. The van der Waals surface area contributed by atoms with Gasteiger partial charge in [-0.1, -0.05) is 19.3 Å². The minimum Gasteiger partial charge on any atom is -0.508 e. The first kappa shape index (κ1) is 13.9. The second kappa shape index (κ2) is 6.13. The number of nitrogens with zero attached hydrogens (tertiary/aromatic N) is 1. The molecule has 2 fully saturated rings. The van der Waals surface area contributed by atoms with Gasteiger partial charge in [0.05, 0.1) is 0 Å². The van der Waals surface area contributed by atoms with Gasteiger partial charge in [0.25, 0.3) is 0 Å². The second-order valence-electron chi connectivity index (χ2n) is 6.31. The van der Waals surface area contributed by atoms with Crippen LogP contribution in [-0.2, 0) is 0 Å². The normalized spacial score (nSPS) is 23.1. The monoisotopic (exact) mass is 277 g/mol. The number of phenols is 1. The maximum Gasteiger partial charge on any atom is 0.126 e. The molecule has 0 amide bonds. The van der Waals surface area contributed by atoms with Gasteiger partial charge in [-0.05, 0) is 68.5 Å². The summed E-state index contributed by atoms with van der Waals surface area (Å²) in [6.45, 7) is 2.15. The van der Waals surface area contributed by atoms with Gasteiger partial charge in [0, 0.05) is 6.04 Å². The van der Waals surface area contributed by atoms with E-state index in [9.17, 15) is 9.50 Å². The lowest BCUT2D eigenvalue weighted by Gasteiger charge is -2.39. The lowest BCUT2D eigenvalue weighted by Crippen LogP contribution is -2.42. The van der Waals surface area contributed by atoms with E-state index in [4.69, 9.17) is 0 Å². The maximum atomic E-state index is 13.9. The molecule has 1 aliphatic carbocycles. The summed E-state index contributed by atoms with van der Waals surface area (Å²) in [6, 6.07) is 5.18. The van der Waals surface area contributed by atoms with Crippen LogP contribution in [0.5, 0.6) is 5.75 Å². The quantitative estimate of drug-likeness (QED) is 0.881. The van der Waals surface area contributed by atoms with E-state index in [-0.39, 0.29) is 17.5 Å². The Kier molecular flexibility index (Phi) is 4.25. The van der Waals surface area contributed by atoms with Gasteiger partial charge in [0.2, 0.25) is 0 Å². The highest BCUT2D eigenvalue weighted by Crippen LogP contribution is 2.34. The van der Waals surface area contributed by atoms with E-state index < -0.39 is 0 Å². The molecule has 0 radical (unpaired) electrons. The van der Waals surface area contributed by atoms with Crippen molar-refractivity contribution in [3.63, 3.8) is 0 Å². The molecule has 2 nitrogen and oxygen atoms in total. The van der Waals surface area contributed by atoms with Crippen molar-refractivity contribution < 1.29 is 9.50 Å². The number of hydrogen-bond acceptors (Lipinski definition) is 2. The van der Waals surface area contributed by atoms with E-state index in [1.54, 1.807) is 6.07 Å². The van der Waals surface area contributed by atoms with E-state index in [1.165, 1.54) is 44.2 Å². The van der Waals surface area contributed by atoms with E-state index in [0.29, 0.717) is 5.56 Å². The van der Waals surface area contributed by atoms with Crippen LogP contribution in [-0.4, -0.2) is 29.1 Å². The average molecular weight is 277 g/mol. The Labute approximate surface area is 120 Å². The Balaban J connectivity index is 1.61. The van der Waals surface area contributed by atoms with Crippen LogP contribution in [0.3, 0.4) is 0 Å². The molecule has 3 heteroatoms. The van der Waals surface area contributed by atoms with Crippen molar-refractivity contribution in [2.45, 2.75) is 56.9 Å². The summed E-state index contributed by atoms with van der Waals surface area (Å²) in [5.74, 6) is 0.275. The lowest BCUT2D eigenvalue weighted by atomic mass is 9.86. The average Bonchev–Trinajstić information content (AvgIpc) is 2.51. The summed E-state index contributed by atoms with van der Waals surface area (Å²) in [4.78, 5) is 2.61. The molecule has 2 aliphatic rings. The number of phenolic OH excluding ortho intramolecular Hbond substituents is 1. The molecule has 1 N–H and O–H groups in total. The molecule has 1 saturated carbocycles. The molecule has 20 heavy (non-hydrogen) atoms. The summed E-state index contributed by atoms with van der Waals surface area (Å²) in [6.07, 6.45) is 8.82. The minimum atomic E-state index is -0.168. The third-order valence-electron chi connectivity index (χ3n) is 5.04. The third kappa shape index (κ3) is 2.98. The van der Waals surface area contributed by atoms with E-state index in [0.717, 1.165) is 32.0 Å². The van der Waals surface area contributed by atoms with Crippen LogP contribution in [0.2, 0.25) is 0 Å². The molecule has 0 unspecified atom stereocenters. The molecule has 0 bridgehead atoms. The zero-order valence-corrected chi connectivity index (χ0v) is 12.0. The van der Waals surface area contributed by atoms with E-state index in [1.807, 2.05) is 0 Å². The summed E-state index contributed by atoms with van der Waals surface area (Å²) < 4.78 is 13.9. The number of aromatic hydroxyl groups is 1. The third-order valence-corrected chi connectivity index (χ3v) is 5.04. The smallest absolute Gasteiger partial charge is 0.126 e. The molecule has 0 aromatic heterocycles. The first-order valence-electron chi connectivity index (χ1n) is 7.96. The Bertz CT molecular complexity index is 448. The highest BCUT2D eigenvalue weighted by atomic mass is 19.1. The first-order valence-corrected chi connectivity index (χ1v) is 7.96. The topological polar surface area (TPSA) is 23.5 Å². The van der Waals surface area contributed by atoms with Gasteiger partial charge in [0.1, 0.15) is 11.6 Å². The van der Waals surface area contributed by atoms with Crippen molar-refractivity contribution in [1.29, 1.82) is 0 Å². The predicted molar refractivity (Wildman–Crippen MR) is 78.5 cm³/mol. The van der Waals surface area contributed by atoms with Crippen LogP contribution in [0.1, 0.15) is 56.4 Å². The second-order valence-corrected chi connectivity index (χ2v) is 6.31. The van der Waals surface area contributed by atoms with E-state index >= 15 is 0 Å². The van der Waals surface area contributed by atoms with Crippen molar-refractivity contribution in [2.75, 3.05) is 13.1 Å². The molecule has 1 saturated heterocycles. The summed E-state index contributed by atoms with van der Waals surface area (Å²) >= 11 is 0. The fourth-order valence-corrected chi connectivity index (χ4v) is 3.87. The van der Waals surface area contributed by atoms with E-state index in [2.05, 4.69) is 4.90 Å². The fraction of sp³-hybridized carbons (Fsp3) is 0.647. The summed E-state index contributed by atoms with van der Waals surface area (Å²) in [5, 5.41) is 9.55. The number of hydrogen-bond donors (Lipinski definition) is 1. The van der Waals surface area contributed by atoms with Gasteiger partial charge in [-0.2, -0.15) is 0 Å². The van der Waals surface area contributed by atoms with Crippen LogP contribution in [0.4, 0.5) is 4.39 Å². The number of halogens is 1. The summed E-state index contributed by atoms with van der Waals surface area (Å²) in [5.41, 5.74) is 0.702. The lowest BCUT2D eigenvalue weighted by molar-refractivity contribution is 0.121. The van der Waals surface area contributed by atoms with Gasteiger partial charge in [0.15, 0.2) is 0 Å². The van der Waals surface area contributed by atoms with Gasteiger partial charge < -0.3 is 10.0 Å². The van der Waals surface area contributed by atoms with Gasteiger partial charge in [-0.15, -0.1) is 0 Å². The Morgan fingerprint density at radius 2 is 1.70 bits per heavy atom. The molecule has 1 aliphatic heterocycles. The predicted octanol–water partition coefficient (Wildman–Crippen LogP) is 4.04. The zero-order chi connectivity index (χ0) is 13.9. The molecule has 1 heterocycles. The molecular weight excluding hydrogens is 253 g/mol. The van der Waals surface area contributed by atoms with Crippen LogP contribution in [0.25, 0.3) is 0 Å². The van der Waals surface area contributed by atoms with Crippen LogP contribution in [0, 0.1) is 5.82 Å². The highest BCUT2D eigenvalue weighted by Gasteiger charge is 2.28. The van der Waals surface area contributed by atoms with Gasteiger partial charge >= 0.3 is 0 Å². The van der Waals surface area contributed by atoms with Crippen molar-refractivity contribution in [3.05, 3.63) is 29.6 Å². The first-order chi connectivity index (χ1) is 9.74. The summed E-state index contributed by atoms with van der Waals surface area (Å²) in [7, 11) is 0. The zero-order valence-electron chi connectivity index (χ0n) is 12.0. The Morgan fingerprint density at radius 1 is 1.00 bits per heavy atom. The maximum absolute atomic E-state index is 13.9. The van der Waals surface area contributed by atoms with Gasteiger partial charge in [-0.25, -0.2) is 4.39 Å². The van der Waals surface area contributed by atoms with Crippen molar-refractivity contribution in [1.82, 2.24) is 4.90 Å².